The van der Waals surface area contributed by atoms with E-state index in [4.69, 9.17) is 40.5 Å². The molecule has 1 amide bonds. The number of hydrogen-bond acceptors (Lipinski definition) is 1. The number of hydrogen-bond donors (Lipinski definition) is 1. The third-order valence-corrected chi connectivity index (χ3v) is 6.42. The molecule has 0 aliphatic carbocycles. The number of rotatable bonds is 4. The van der Waals surface area contributed by atoms with Crippen molar-refractivity contribution >= 4 is 62.5 Å². The second kappa shape index (κ2) is 8.18. The van der Waals surface area contributed by atoms with Gasteiger partial charge in [-0.3, -0.25) is 4.79 Å². The Bertz CT molecular complexity index is 1500. The number of halogens is 3. The molecule has 5 aromatic rings. The molecule has 0 saturated heterocycles. The predicted molar refractivity (Wildman–Crippen MR) is 133 cm³/mol. The van der Waals surface area contributed by atoms with Gasteiger partial charge in [0, 0.05) is 37.9 Å². The largest absolute Gasteiger partial charge is 0.366 e. The van der Waals surface area contributed by atoms with Crippen LogP contribution in [0, 0.1) is 6.07 Å². The molecule has 0 bridgehead atoms. The van der Waals surface area contributed by atoms with Gasteiger partial charge in [-0.1, -0.05) is 59.1 Å². The summed E-state index contributed by atoms with van der Waals surface area (Å²) in [7, 11) is 0. The van der Waals surface area contributed by atoms with Gasteiger partial charge in [0.25, 0.3) is 0 Å². The second-order valence-electron chi connectivity index (χ2n) is 7.54. The van der Waals surface area contributed by atoms with Crippen molar-refractivity contribution in [3.8, 4) is 11.1 Å². The van der Waals surface area contributed by atoms with Crippen LogP contribution in [0.1, 0.15) is 15.9 Å². The first-order valence-electron chi connectivity index (χ1n) is 9.88. The first-order valence-corrected chi connectivity index (χ1v) is 11.0. The Hall–Kier alpha value is -2.98. The molecule has 0 saturated carbocycles. The molecule has 5 rings (SSSR count). The van der Waals surface area contributed by atoms with Crippen molar-refractivity contribution in [3.05, 3.63) is 105 Å². The minimum Gasteiger partial charge on any atom is -0.366 e. The van der Waals surface area contributed by atoms with E-state index in [1.807, 2.05) is 54.6 Å². The number of nitrogens with zero attached hydrogens (tertiary/aromatic N) is 1. The van der Waals surface area contributed by atoms with Crippen molar-refractivity contribution in [2.75, 3.05) is 0 Å². The van der Waals surface area contributed by atoms with E-state index in [0.29, 0.717) is 27.2 Å². The lowest BCUT2D eigenvalue weighted by Crippen LogP contribution is -2.11. The van der Waals surface area contributed by atoms with Crippen LogP contribution in [0.15, 0.2) is 72.8 Å². The lowest BCUT2D eigenvalue weighted by Gasteiger charge is -2.11. The SMILES string of the molecule is NC(=O)c1cccc2c1c1[c]cc(-c3ccc(Cl)cc3)cc1n2Cc1ccc(Cl)cc1Cl. The van der Waals surface area contributed by atoms with Crippen LogP contribution in [0.3, 0.4) is 0 Å². The molecule has 0 spiro atoms. The van der Waals surface area contributed by atoms with Gasteiger partial charge in [0.05, 0.1) is 11.0 Å². The van der Waals surface area contributed by atoms with E-state index < -0.39 is 5.91 Å². The van der Waals surface area contributed by atoms with Crippen LogP contribution in [0.2, 0.25) is 15.1 Å². The van der Waals surface area contributed by atoms with E-state index in [1.165, 1.54) is 0 Å². The maximum absolute atomic E-state index is 12.2. The molecule has 2 N–H and O–H groups in total. The minimum atomic E-state index is -0.477. The number of fused-ring (bicyclic) bond motifs is 3. The van der Waals surface area contributed by atoms with Crippen LogP contribution in [0.5, 0.6) is 0 Å². The number of benzene rings is 4. The van der Waals surface area contributed by atoms with Crippen LogP contribution < -0.4 is 5.73 Å². The van der Waals surface area contributed by atoms with Crippen molar-refractivity contribution < 1.29 is 4.79 Å². The lowest BCUT2D eigenvalue weighted by molar-refractivity contribution is 0.100. The molecule has 0 fully saturated rings. The number of carbonyl (C=O) groups excluding carboxylic acids is 1. The highest BCUT2D eigenvalue weighted by molar-refractivity contribution is 6.35. The molecule has 0 aliphatic heterocycles. The smallest absolute Gasteiger partial charge is 0.249 e. The first-order chi connectivity index (χ1) is 15.4. The van der Waals surface area contributed by atoms with Crippen LogP contribution in [-0.4, -0.2) is 10.5 Å². The lowest BCUT2D eigenvalue weighted by atomic mass is 10.0. The van der Waals surface area contributed by atoms with E-state index in [2.05, 4.69) is 16.7 Å². The fraction of sp³-hybridized carbons (Fsp3) is 0.0385. The molecule has 1 aromatic heterocycles. The summed E-state index contributed by atoms with van der Waals surface area (Å²) in [5.41, 5.74) is 10.9. The van der Waals surface area contributed by atoms with Gasteiger partial charge in [0.1, 0.15) is 0 Å². The molecular weight excluding hydrogens is 463 g/mol. The zero-order valence-corrected chi connectivity index (χ0v) is 19.0. The summed E-state index contributed by atoms with van der Waals surface area (Å²) in [5.74, 6) is -0.477. The van der Waals surface area contributed by atoms with Crippen molar-refractivity contribution in [3.63, 3.8) is 0 Å². The summed E-state index contributed by atoms with van der Waals surface area (Å²) >= 11 is 18.6. The van der Waals surface area contributed by atoms with Crippen LogP contribution >= 0.6 is 34.8 Å². The third-order valence-electron chi connectivity index (χ3n) is 5.58. The van der Waals surface area contributed by atoms with E-state index >= 15 is 0 Å². The molecule has 1 heterocycles. The summed E-state index contributed by atoms with van der Waals surface area (Å²) in [6, 6.07) is 26.0. The van der Waals surface area contributed by atoms with Crippen LogP contribution in [0.25, 0.3) is 32.9 Å². The van der Waals surface area contributed by atoms with Gasteiger partial charge >= 0.3 is 0 Å². The Kier molecular flexibility index (Phi) is 5.34. The molecule has 157 valence electrons. The quantitative estimate of drug-likeness (QED) is 0.288. The summed E-state index contributed by atoms with van der Waals surface area (Å²) in [6.45, 7) is 0.496. The highest BCUT2D eigenvalue weighted by atomic mass is 35.5. The topological polar surface area (TPSA) is 48.0 Å². The van der Waals surface area contributed by atoms with Gasteiger partial charge in [-0.05, 0) is 71.3 Å². The van der Waals surface area contributed by atoms with Gasteiger partial charge in [-0.25, -0.2) is 0 Å². The van der Waals surface area contributed by atoms with E-state index in [1.54, 1.807) is 12.1 Å². The standard InChI is InChI=1S/C26H16Cl3N2O/c27-18-8-4-15(5-9-18)16-7-11-20-24(12-16)31(14-17-6-10-19(28)13-22(17)29)23-3-1-2-21(25(20)23)26(30)32/h1-10,12-13H,14H2,(H2,30,32). The van der Waals surface area contributed by atoms with E-state index in [-0.39, 0.29) is 0 Å². The van der Waals surface area contributed by atoms with Gasteiger partial charge < -0.3 is 10.3 Å². The highest BCUT2D eigenvalue weighted by Crippen LogP contribution is 2.35. The molecule has 0 atom stereocenters. The average Bonchev–Trinajstić information content (AvgIpc) is 3.09. The first kappa shape index (κ1) is 20.9. The zero-order valence-electron chi connectivity index (χ0n) is 16.7. The molecule has 4 aromatic carbocycles. The third kappa shape index (κ3) is 3.63. The molecule has 0 unspecified atom stereocenters. The van der Waals surface area contributed by atoms with Gasteiger partial charge in [-0.2, -0.15) is 0 Å². The van der Waals surface area contributed by atoms with E-state index in [9.17, 15) is 4.79 Å². The van der Waals surface area contributed by atoms with Gasteiger partial charge in [-0.15, -0.1) is 0 Å². The molecule has 3 nitrogen and oxygen atoms in total. The summed E-state index contributed by atoms with van der Waals surface area (Å²) in [5, 5.41) is 3.45. The highest BCUT2D eigenvalue weighted by Gasteiger charge is 2.18. The second-order valence-corrected chi connectivity index (χ2v) is 8.82. The normalized spacial score (nSPS) is 11.3. The van der Waals surface area contributed by atoms with Crippen LogP contribution in [-0.2, 0) is 6.54 Å². The van der Waals surface area contributed by atoms with Crippen molar-refractivity contribution in [1.29, 1.82) is 0 Å². The number of aromatic nitrogens is 1. The summed E-state index contributed by atoms with van der Waals surface area (Å²) in [4.78, 5) is 12.2. The number of nitrogens with two attached hydrogens (primary N) is 1. The maximum atomic E-state index is 12.2. The molecule has 6 heteroatoms. The van der Waals surface area contributed by atoms with E-state index in [0.717, 1.165) is 38.5 Å². The zero-order chi connectivity index (χ0) is 22.4. The number of primary amides is 1. The maximum Gasteiger partial charge on any atom is 0.249 e. The minimum absolute atomic E-state index is 0.462. The fourth-order valence-electron chi connectivity index (χ4n) is 4.06. The van der Waals surface area contributed by atoms with Gasteiger partial charge in [0.2, 0.25) is 5.91 Å². The molecular formula is C26H16Cl3N2O. The summed E-state index contributed by atoms with van der Waals surface area (Å²) < 4.78 is 2.13. The predicted octanol–water partition coefficient (Wildman–Crippen LogP) is 7.37. The van der Waals surface area contributed by atoms with Crippen molar-refractivity contribution in [1.82, 2.24) is 4.57 Å². The monoisotopic (exact) mass is 477 g/mol. The van der Waals surface area contributed by atoms with Crippen molar-refractivity contribution in [2.45, 2.75) is 6.54 Å². The molecule has 32 heavy (non-hydrogen) atoms. The Morgan fingerprint density at radius 2 is 1.62 bits per heavy atom. The molecule has 0 aliphatic rings. The van der Waals surface area contributed by atoms with Gasteiger partial charge in [0.15, 0.2) is 0 Å². The summed E-state index contributed by atoms with van der Waals surface area (Å²) in [6.07, 6.45) is 0. The molecule has 1 radical (unpaired) electrons. The fourth-order valence-corrected chi connectivity index (χ4v) is 4.65. The van der Waals surface area contributed by atoms with Crippen LogP contribution in [0.4, 0.5) is 0 Å². The number of carbonyl (C=O) groups is 1. The Morgan fingerprint density at radius 3 is 2.34 bits per heavy atom. The Morgan fingerprint density at radius 1 is 0.875 bits per heavy atom. The Labute approximate surface area is 199 Å². The van der Waals surface area contributed by atoms with Crippen molar-refractivity contribution in [2.24, 2.45) is 5.73 Å². The Balaban J connectivity index is 1.80. The number of amides is 1. The average molecular weight is 479 g/mol.